The molecule has 0 aromatic heterocycles. The van der Waals surface area contributed by atoms with E-state index in [-0.39, 0.29) is 24.7 Å². The molecule has 38 heavy (non-hydrogen) atoms. The van der Waals surface area contributed by atoms with Crippen LogP contribution in [0.2, 0.25) is 0 Å². The van der Waals surface area contributed by atoms with Crippen LogP contribution in [-0.2, 0) is 27.2 Å². The second kappa shape index (κ2) is 14.3. The number of benzene rings is 2. The van der Waals surface area contributed by atoms with Gasteiger partial charge in [-0.15, -0.1) is 4.99 Å². The summed E-state index contributed by atoms with van der Waals surface area (Å²) in [5, 5.41) is 11.0. The quantitative estimate of drug-likeness (QED) is 0.335. The van der Waals surface area contributed by atoms with Crippen LogP contribution in [0.4, 0.5) is 4.79 Å². The molecule has 0 bridgehead atoms. The number of carboxylic acid groups (broad SMARTS) is 1. The number of ether oxygens (including phenoxy) is 1. The number of hydrogen-bond acceptors (Lipinski definition) is 4. The van der Waals surface area contributed by atoms with Gasteiger partial charge in [0.2, 0.25) is 11.9 Å². The van der Waals surface area contributed by atoms with E-state index in [1.54, 1.807) is 20.8 Å². The number of aryl methyl sites for hydroxylation is 6. The van der Waals surface area contributed by atoms with E-state index < -0.39 is 17.7 Å². The molecule has 0 aliphatic heterocycles. The number of rotatable bonds is 6. The Balaban J connectivity index is 0.000000437. The van der Waals surface area contributed by atoms with Gasteiger partial charge in [0.25, 0.3) is 0 Å². The lowest BCUT2D eigenvalue weighted by Crippen LogP contribution is -2.38. The molecule has 0 aliphatic carbocycles. The van der Waals surface area contributed by atoms with Gasteiger partial charge in [0.1, 0.15) is 5.60 Å². The fraction of sp³-hybridized carbons (Fsp3) is 0.467. The topological polar surface area (TPSA) is 131 Å². The first-order valence-electron chi connectivity index (χ1n) is 12.7. The predicted octanol–water partition coefficient (Wildman–Crippen LogP) is 5.54. The van der Waals surface area contributed by atoms with Gasteiger partial charge < -0.3 is 15.6 Å². The van der Waals surface area contributed by atoms with E-state index >= 15 is 0 Å². The summed E-state index contributed by atoms with van der Waals surface area (Å²) < 4.78 is 5.00. The largest absolute Gasteiger partial charge is 0.481 e. The summed E-state index contributed by atoms with van der Waals surface area (Å²) >= 11 is 0. The maximum atomic E-state index is 12.0. The van der Waals surface area contributed by atoms with Crippen molar-refractivity contribution in [3.8, 4) is 0 Å². The van der Waals surface area contributed by atoms with Gasteiger partial charge in [-0.2, -0.15) is 0 Å². The van der Waals surface area contributed by atoms with Crippen LogP contribution in [0, 0.1) is 41.5 Å². The van der Waals surface area contributed by atoms with Crippen molar-refractivity contribution in [2.75, 3.05) is 0 Å². The van der Waals surface area contributed by atoms with Gasteiger partial charge in [-0.3, -0.25) is 14.9 Å². The fourth-order valence-electron chi connectivity index (χ4n) is 4.30. The minimum Gasteiger partial charge on any atom is -0.481 e. The maximum absolute atomic E-state index is 12.0. The molecule has 0 unspecified atom stereocenters. The first-order valence-corrected chi connectivity index (χ1v) is 12.7. The summed E-state index contributed by atoms with van der Waals surface area (Å²) in [6.07, 6.45) is 0.877. The number of hydrogen-bond donors (Lipinski definition) is 3. The van der Waals surface area contributed by atoms with Crippen LogP contribution >= 0.6 is 0 Å². The molecule has 8 nitrogen and oxygen atoms in total. The van der Waals surface area contributed by atoms with Gasteiger partial charge in [-0.25, -0.2) is 4.79 Å². The minimum absolute atomic E-state index is 0.213. The number of guanidine groups is 1. The lowest BCUT2D eigenvalue weighted by Gasteiger charge is -2.17. The van der Waals surface area contributed by atoms with Gasteiger partial charge in [0, 0.05) is 12.8 Å². The van der Waals surface area contributed by atoms with Gasteiger partial charge >= 0.3 is 12.1 Å². The summed E-state index contributed by atoms with van der Waals surface area (Å²) in [4.78, 5) is 37.4. The number of carboxylic acids is 1. The third kappa shape index (κ3) is 12.0. The molecule has 208 valence electrons. The van der Waals surface area contributed by atoms with Gasteiger partial charge in [0.05, 0.1) is 0 Å². The van der Waals surface area contributed by atoms with E-state index in [2.05, 4.69) is 41.5 Å². The second-order valence-corrected chi connectivity index (χ2v) is 10.7. The molecule has 0 aliphatic rings. The van der Waals surface area contributed by atoms with Crippen molar-refractivity contribution in [2.45, 2.75) is 93.6 Å². The SMILES string of the molecule is Cc1cc(C)c(CCC(=O)NC(N)=NC(=O)OC(C)(C)C)c(C)c1.Cc1cc(C)c(CCC(=O)O)c(C)c1. The lowest BCUT2D eigenvalue weighted by molar-refractivity contribution is -0.137. The van der Waals surface area contributed by atoms with Gasteiger partial charge in [-0.05, 0) is 109 Å². The van der Waals surface area contributed by atoms with Crippen molar-refractivity contribution < 1.29 is 24.2 Å². The molecule has 0 saturated carbocycles. The van der Waals surface area contributed by atoms with Crippen molar-refractivity contribution in [2.24, 2.45) is 10.7 Å². The molecule has 2 amide bonds. The molecule has 0 radical (unpaired) electrons. The molecular weight excluding hydrogens is 482 g/mol. The van der Waals surface area contributed by atoms with Crippen molar-refractivity contribution in [3.05, 3.63) is 68.8 Å². The molecule has 2 rings (SSSR count). The number of aliphatic imine (C=N–C) groups is 1. The molecule has 0 spiro atoms. The highest BCUT2D eigenvalue weighted by molar-refractivity contribution is 6.00. The average molecular weight is 526 g/mol. The molecular formula is C30H43N3O5. The van der Waals surface area contributed by atoms with Crippen LogP contribution in [0.15, 0.2) is 29.3 Å². The van der Waals surface area contributed by atoms with Crippen LogP contribution in [0.1, 0.15) is 78.1 Å². The Morgan fingerprint density at radius 2 is 1.21 bits per heavy atom. The van der Waals surface area contributed by atoms with Gasteiger partial charge in [-0.1, -0.05) is 35.4 Å². The van der Waals surface area contributed by atoms with Crippen LogP contribution in [-0.4, -0.2) is 34.6 Å². The highest BCUT2D eigenvalue weighted by Crippen LogP contribution is 2.19. The lowest BCUT2D eigenvalue weighted by atomic mass is 9.96. The average Bonchev–Trinajstić information content (AvgIpc) is 2.70. The highest BCUT2D eigenvalue weighted by Gasteiger charge is 2.16. The predicted molar refractivity (Wildman–Crippen MR) is 152 cm³/mol. The molecule has 2 aromatic rings. The van der Waals surface area contributed by atoms with Crippen LogP contribution in [0.5, 0.6) is 0 Å². The molecule has 0 atom stereocenters. The number of aliphatic carboxylic acids is 1. The monoisotopic (exact) mass is 525 g/mol. The Hall–Kier alpha value is -3.68. The molecule has 2 aromatic carbocycles. The molecule has 8 heteroatoms. The van der Waals surface area contributed by atoms with Crippen LogP contribution in [0.3, 0.4) is 0 Å². The Bertz CT molecular complexity index is 1150. The molecule has 4 N–H and O–H groups in total. The highest BCUT2D eigenvalue weighted by atomic mass is 16.6. The Morgan fingerprint density at radius 3 is 1.58 bits per heavy atom. The summed E-state index contributed by atoms with van der Waals surface area (Å²) in [5.74, 6) is -1.28. The van der Waals surface area contributed by atoms with Crippen LogP contribution < -0.4 is 11.1 Å². The Morgan fingerprint density at radius 1 is 0.816 bits per heavy atom. The number of amides is 2. The number of nitrogens with two attached hydrogens (primary N) is 1. The minimum atomic E-state index is -0.828. The van der Waals surface area contributed by atoms with Crippen LogP contribution in [0.25, 0.3) is 0 Å². The van der Waals surface area contributed by atoms with E-state index in [9.17, 15) is 14.4 Å². The van der Waals surface area contributed by atoms with E-state index in [0.717, 1.165) is 16.7 Å². The smallest absolute Gasteiger partial charge is 0.437 e. The zero-order chi connectivity index (χ0) is 29.2. The normalized spacial score (nSPS) is 11.3. The summed E-state index contributed by atoms with van der Waals surface area (Å²) in [5.41, 5.74) is 14.4. The van der Waals surface area contributed by atoms with Crippen molar-refractivity contribution in [1.82, 2.24) is 5.32 Å². The Labute approximate surface area is 226 Å². The summed E-state index contributed by atoms with van der Waals surface area (Å²) in [7, 11) is 0. The maximum Gasteiger partial charge on any atom is 0.437 e. The summed E-state index contributed by atoms with van der Waals surface area (Å²) in [6.45, 7) is 17.4. The number of nitrogens with zero attached hydrogens (tertiary/aromatic N) is 1. The zero-order valence-corrected chi connectivity index (χ0v) is 24.2. The fourth-order valence-corrected chi connectivity index (χ4v) is 4.30. The van der Waals surface area contributed by atoms with E-state index in [4.69, 9.17) is 15.6 Å². The van der Waals surface area contributed by atoms with Crippen molar-refractivity contribution >= 4 is 23.9 Å². The summed E-state index contributed by atoms with van der Waals surface area (Å²) in [6, 6.07) is 8.39. The Kier molecular flexibility index (Phi) is 12.2. The number of carbonyl (C=O) groups is 3. The van der Waals surface area contributed by atoms with E-state index in [1.165, 1.54) is 27.8 Å². The third-order valence-corrected chi connectivity index (χ3v) is 5.74. The second-order valence-electron chi connectivity index (χ2n) is 10.7. The molecule has 0 heterocycles. The molecule has 0 fully saturated rings. The standard InChI is InChI=1S/C18H27N3O3.C12H16O2/c1-11-9-12(2)14(13(3)10-11)7-8-15(22)20-16(19)21-17(23)24-18(4,5)6;1-8-6-9(2)11(10(3)7-8)4-5-12(13)14/h9-10H,7-8H2,1-6H3,(H3,19,20,21,22,23);6-7H,4-5H2,1-3H3,(H,13,14). The van der Waals surface area contributed by atoms with E-state index in [0.29, 0.717) is 12.8 Å². The number of nitrogens with one attached hydrogen (secondary N) is 1. The zero-order valence-electron chi connectivity index (χ0n) is 24.2. The molecule has 0 saturated heterocycles. The van der Waals surface area contributed by atoms with Crippen molar-refractivity contribution in [3.63, 3.8) is 0 Å². The third-order valence-electron chi connectivity index (χ3n) is 5.74. The first-order chi connectivity index (χ1) is 17.5. The van der Waals surface area contributed by atoms with Gasteiger partial charge in [0.15, 0.2) is 0 Å². The first kappa shape index (κ1) is 32.3. The van der Waals surface area contributed by atoms with Crippen molar-refractivity contribution in [1.29, 1.82) is 0 Å². The number of carbonyl (C=O) groups excluding carboxylic acids is 2. The van der Waals surface area contributed by atoms with E-state index in [1.807, 2.05) is 34.6 Å².